The van der Waals surface area contributed by atoms with Crippen LogP contribution in [0.3, 0.4) is 0 Å². The van der Waals surface area contributed by atoms with Gasteiger partial charge >= 0.3 is 0 Å². The zero-order valence-electron chi connectivity index (χ0n) is 23.9. The van der Waals surface area contributed by atoms with Gasteiger partial charge < -0.3 is 9.32 Å². The molecule has 0 N–H and O–H groups in total. The van der Waals surface area contributed by atoms with Gasteiger partial charge in [0.1, 0.15) is 11.2 Å². The van der Waals surface area contributed by atoms with Crippen LogP contribution in [-0.4, -0.2) is 0 Å². The second-order valence-electron chi connectivity index (χ2n) is 11.4. The van der Waals surface area contributed by atoms with Gasteiger partial charge in [0.2, 0.25) is 0 Å². The van der Waals surface area contributed by atoms with Crippen molar-refractivity contribution in [3.8, 4) is 11.1 Å². The van der Waals surface area contributed by atoms with Gasteiger partial charge in [-0.2, -0.15) is 0 Å². The summed E-state index contributed by atoms with van der Waals surface area (Å²) in [6.45, 7) is 0. The van der Waals surface area contributed by atoms with Gasteiger partial charge in [0, 0.05) is 33.9 Å². The van der Waals surface area contributed by atoms with E-state index in [9.17, 15) is 0 Å². The summed E-state index contributed by atoms with van der Waals surface area (Å²) in [7, 11) is 0. The molecule has 1 aromatic heterocycles. The summed E-state index contributed by atoms with van der Waals surface area (Å²) in [5.41, 5.74) is 7.46. The molecule has 0 unspecified atom stereocenters. The van der Waals surface area contributed by atoms with Gasteiger partial charge in [0.05, 0.1) is 0 Å². The largest absolute Gasteiger partial charge is 0.456 e. The highest BCUT2D eigenvalue weighted by Crippen LogP contribution is 2.41. The maximum atomic E-state index is 6.33. The van der Waals surface area contributed by atoms with Crippen molar-refractivity contribution in [2.45, 2.75) is 0 Å². The second kappa shape index (κ2) is 9.86. The third-order valence-corrected chi connectivity index (χ3v) is 8.84. The number of hydrogen-bond donors (Lipinski definition) is 0. The van der Waals surface area contributed by atoms with E-state index in [1.54, 1.807) is 0 Å². The lowest BCUT2D eigenvalue weighted by atomic mass is 9.98. The van der Waals surface area contributed by atoms with Crippen molar-refractivity contribution in [2.24, 2.45) is 0 Å². The fourth-order valence-corrected chi connectivity index (χ4v) is 6.70. The van der Waals surface area contributed by atoms with Crippen molar-refractivity contribution >= 4 is 71.3 Å². The van der Waals surface area contributed by atoms with Crippen molar-refractivity contribution in [1.29, 1.82) is 0 Å². The molecule has 0 aliphatic heterocycles. The summed E-state index contributed by atoms with van der Waals surface area (Å²) in [4.78, 5) is 2.33. The van der Waals surface area contributed by atoms with E-state index >= 15 is 0 Å². The first-order valence-electron chi connectivity index (χ1n) is 15.0. The average Bonchev–Trinajstić information content (AvgIpc) is 3.46. The molecule has 0 fully saturated rings. The SMILES string of the molecule is c1ccc2c(-c3ccc(N(c4ccc5c(c4)oc4ccccc45)c4ccc5ccc6ccccc6c5c4)cc3)cccc2c1. The summed E-state index contributed by atoms with van der Waals surface area (Å²) in [5, 5.41) is 9.74. The smallest absolute Gasteiger partial charge is 0.137 e. The van der Waals surface area contributed by atoms with Crippen LogP contribution in [-0.2, 0) is 0 Å². The monoisotopic (exact) mass is 561 g/mol. The van der Waals surface area contributed by atoms with E-state index in [2.05, 4.69) is 157 Å². The van der Waals surface area contributed by atoms with Crippen LogP contribution < -0.4 is 4.90 Å². The van der Waals surface area contributed by atoms with E-state index in [0.29, 0.717) is 0 Å². The van der Waals surface area contributed by atoms with Crippen LogP contribution in [0.1, 0.15) is 0 Å². The van der Waals surface area contributed by atoms with Crippen molar-refractivity contribution in [1.82, 2.24) is 0 Å². The summed E-state index contributed by atoms with van der Waals surface area (Å²) >= 11 is 0. The summed E-state index contributed by atoms with van der Waals surface area (Å²) < 4.78 is 6.33. The highest BCUT2D eigenvalue weighted by Gasteiger charge is 2.17. The Morgan fingerprint density at radius 3 is 1.75 bits per heavy atom. The maximum absolute atomic E-state index is 6.33. The lowest BCUT2D eigenvalue weighted by Crippen LogP contribution is -2.09. The van der Waals surface area contributed by atoms with Crippen LogP contribution in [0.25, 0.3) is 65.4 Å². The Bertz CT molecular complexity index is 2500. The fourth-order valence-electron chi connectivity index (χ4n) is 6.70. The number of para-hydroxylation sites is 1. The number of rotatable bonds is 4. The third kappa shape index (κ3) is 3.96. The van der Waals surface area contributed by atoms with E-state index < -0.39 is 0 Å². The molecule has 9 aromatic rings. The molecule has 0 atom stereocenters. The van der Waals surface area contributed by atoms with Gasteiger partial charge in [-0.1, -0.05) is 115 Å². The molecule has 206 valence electrons. The van der Waals surface area contributed by atoms with Gasteiger partial charge in [-0.15, -0.1) is 0 Å². The quantitative estimate of drug-likeness (QED) is 0.199. The Kier molecular flexibility index (Phi) is 5.54. The lowest BCUT2D eigenvalue weighted by molar-refractivity contribution is 0.669. The first-order valence-corrected chi connectivity index (χ1v) is 15.0. The predicted octanol–water partition coefficient (Wildman–Crippen LogP) is 12.2. The molecule has 0 aliphatic rings. The first-order chi connectivity index (χ1) is 21.8. The van der Waals surface area contributed by atoms with Crippen molar-refractivity contribution in [3.63, 3.8) is 0 Å². The van der Waals surface area contributed by atoms with Gasteiger partial charge in [-0.05, 0) is 85.9 Å². The van der Waals surface area contributed by atoms with Crippen LogP contribution in [0.2, 0.25) is 0 Å². The zero-order chi connectivity index (χ0) is 29.0. The minimum Gasteiger partial charge on any atom is -0.456 e. The molecule has 2 nitrogen and oxygen atoms in total. The van der Waals surface area contributed by atoms with Gasteiger partial charge in [0.15, 0.2) is 0 Å². The molecular weight excluding hydrogens is 534 g/mol. The molecule has 0 bridgehead atoms. The predicted molar refractivity (Wildman–Crippen MR) is 186 cm³/mol. The average molecular weight is 562 g/mol. The van der Waals surface area contributed by atoms with E-state index in [0.717, 1.165) is 39.0 Å². The highest BCUT2D eigenvalue weighted by molar-refractivity contribution is 6.10. The summed E-state index contributed by atoms with van der Waals surface area (Å²) in [6, 6.07) is 58.6. The number of fused-ring (bicyclic) bond motifs is 7. The van der Waals surface area contributed by atoms with E-state index in [1.165, 1.54) is 43.4 Å². The molecule has 0 amide bonds. The molecule has 2 heteroatoms. The molecule has 1 heterocycles. The lowest BCUT2D eigenvalue weighted by Gasteiger charge is -2.26. The Balaban J connectivity index is 1.23. The molecule has 8 aromatic carbocycles. The first kappa shape index (κ1) is 24.7. The molecular formula is C42H27NO. The van der Waals surface area contributed by atoms with Crippen LogP contribution in [0.5, 0.6) is 0 Å². The van der Waals surface area contributed by atoms with Crippen LogP contribution in [0.15, 0.2) is 168 Å². The van der Waals surface area contributed by atoms with Gasteiger partial charge in [-0.25, -0.2) is 0 Å². The number of benzene rings is 8. The highest BCUT2D eigenvalue weighted by atomic mass is 16.3. The van der Waals surface area contributed by atoms with Gasteiger partial charge in [0.25, 0.3) is 0 Å². The normalized spacial score (nSPS) is 11.6. The maximum Gasteiger partial charge on any atom is 0.137 e. The van der Waals surface area contributed by atoms with E-state index in [4.69, 9.17) is 4.42 Å². The molecule has 0 saturated carbocycles. The second-order valence-corrected chi connectivity index (χ2v) is 11.4. The molecule has 0 saturated heterocycles. The Morgan fingerprint density at radius 1 is 0.341 bits per heavy atom. The zero-order valence-corrected chi connectivity index (χ0v) is 23.9. The Morgan fingerprint density at radius 2 is 0.909 bits per heavy atom. The fraction of sp³-hybridized carbons (Fsp3) is 0. The molecule has 0 aliphatic carbocycles. The van der Waals surface area contributed by atoms with Crippen LogP contribution in [0, 0.1) is 0 Å². The van der Waals surface area contributed by atoms with Crippen molar-refractivity contribution in [2.75, 3.05) is 4.90 Å². The third-order valence-electron chi connectivity index (χ3n) is 8.84. The van der Waals surface area contributed by atoms with Crippen molar-refractivity contribution in [3.05, 3.63) is 164 Å². The molecule has 0 spiro atoms. The number of hydrogen-bond acceptors (Lipinski definition) is 2. The van der Waals surface area contributed by atoms with Crippen molar-refractivity contribution < 1.29 is 4.42 Å². The minimum absolute atomic E-state index is 0.882. The number of anilines is 3. The topological polar surface area (TPSA) is 16.4 Å². The van der Waals surface area contributed by atoms with Crippen LogP contribution in [0.4, 0.5) is 17.1 Å². The Hall–Kier alpha value is -5.86. The van der Waals surface area contributed by atoms with E-state index in [-0.39, 0.29) is 0 Å². The molecule has 0 radical (unpaired) electrons. The molecule has 44 heavy (non-hydrogen) atoms. The standard InChI is InChI=1S/C42H27NO/c1-3-11-35-28(8-1)10-7-14-36(35)30-18-21-32(22-19-30)43(34-24-25-39-38-13-5-6-15-41(38)44-42(39)27-34)33-23-20-31-17-16-29-9-2-4-12-37(29)40(31)26-33/h1-27H. The van der Waals surface area contributed by atoms with Gasteiger partial charge in [-0.3, -0.25) is 0 Å². The number of nitrogens with zero attached hydrogens (tertiary/aromatic N) is 1. The molecule has 9 rings (SSSR count). The van der Waals surface area contributed by atoms with E-state index in [1.807, 2.05) is 12.1 Å². The minimum atomic E-state index is 0.882. The van der Waals surface area contributed by atoms with Crippen LogP contribution >= 0.6 is 0 Å². The summed E-state index contributed by atoms with van der Waals surface area (Å²) in [6.07, 6.45) is 0. The summed E-state index contributed by atoms with van der Waals surface area (Å²) in [5.74, 6) is 0. The number of furan rings is 1. The Labute approximate surface area is 255 Å².